The number of rotatable bonds is 4. The molecule has 0 aliphatic carbocycles. The molecule has 5 heterocycles. The highest BCUT2D eigenvalue weighted by molar-refractivity contribution is 6.12. The highest BCUT2D eigenvalue weighted by Crippen LogP contribution is 2.43. The molecule has 238 valence electrons. The first-order valence-corrected chi connectivity index (χ1v) is 17.2. The molecule has 0 radical (unpaired) electrons. The molecule has 0 saturated carbocycles. The van der Waals surface area contributed by atoms with Crippen molar-refractivity contribution < 1.29 is 0 Å². The van der Waals surface area contributed by atoms with E-state index in [1.807, 2.05) is 24.8 Å². The van der Waals surface area contributed by atoms with Gasteiger partial charge in [-0.1, -0.05) is 91.0 Å². The van der Waals surface area contributed by atoms with Gasteiger partial charge < -0.3 is 13.7 Å². The first kappa shape index (κ1) is 27.9. The molecule has 5 heteroatoms. The van der Waals surface area contributed by atoms with Gasteiger partial charge in [0.15, 0.2) is 0 Å². The summed E-state index contributed by atoms with van der Waals surface area (Å²) in [5, 5.41) is 7.13. The largest absolute Gasteiger partial charge is 0.309 e. The summed E-state index contributed by atoms with van der Waals surface area (Å²) in [7, 11) is 0. The summed E-state index contributed by atoms with van der Waals surface area (Å²) in [4.78, 5) is 8.94. The predicted octanol–water partition coefficient (Wildman–Crippen LogP) is 11.4. The van der Waals surface area contributed by atoms with Crippen molar-refractivity contribution in [1.82, 2.24) is 23.7 Å². The second kappa shape index (κ2) is 10.8. The first-order chi connectivity index (χ1) is 25.3. The average molecular weight is 652 g/mol. The minimum absolute atomic E-state index is 1.08. The van der Waals surface area contributed by atoms with Crippen LogP contribution in [0.2, 0.25) is 0 Å². The maximum absolute atomic E-state index is 4.47. The van der Waals surface area contributed by atoms with Crippen molar-refractivity contribution in [2.45, 2.75) is 0 Å². The zero-order valence-corrected chi connectivity index (χ0v) is 27.5. The summed E-state index contributed by atoms with van der Waals surface area (Å²) in [5.41, 5.74) is 12.5. The van der Waals surface area contributed by atoms with Gasteiger partial charge in [0.1, 0.15) is 0 Å². The maximum Gasteiger partial charge on any atom is 0.0572 e. The Labute approximate surface area is 292 Å². The SMILES string of the molecule is c1cc(-c2c(-n3c4ccccc4c4ccccc43)cccc2-n2c3ccccc3c3ccccc32)cc(-n2c3ccncc3c3cnccc32)c1. The molecule has 6 aromatic carbocycles. The lowest BCUT2D eigenvalue weighted by molar-refractivity contribution is 1.13. The van der Waals surface area contributed by atoms with E-state index >= 15 is 0 Å². The number of hydrogen-bond acceptors (Lipinski definition) is 2. The third-order valence-corrected chi connectivity index (χ3v) is 10.4. The Balaban J connectivity index is 1.28. The number of benzene rings is 6. The van der Waals surface area contributed by atoms with Gasteiger partial charge in [-0.2, -0.15) is 0 Å². The third kappa shape index (κ3) is 3.97. The number of para-hydroxylation sites is 4. The molecular weight excluding hydrogens is 623 g/mol. The van der Waals surface area contributed by atoms with Crippen LogP contribution in [0.25, 0.3) is 93.6 Å². The van der Waals surface area contributed by atoms with Gasteiger partial charge in [-0.25, -0.2) is 0 Å². The van der Waals surface area contributed by atoms with E-state index < -0.39 is 0 Å². The molecular formula is C46H29N5. The predicted molar refractivity (Wildman–Crippen MR) is 210 cm³/mol. The molecule has 0 aliphatic heterocycles. The average Bonchev–Trinajstić information content (AvgIpc) is 3.84. The number of aromatic nitrogens is 5. The first-order valence-electron chi connectivity index (χ1n) is 17.2. The molecule has 0 aliphatic rings. The zero-order valence-electron chi connectivity index (χ0n) is 27.5. The molecule has 0 amide bonds. The normalized spacial score (nSPS) is 11.9. The van der Waals surface area contributed by atoms with Gasteiger partial charge in [0.25, 0.3) is 0 Å². The Hall–Kier alpha value is -6.98. The van der Waals surface area contributed by atoms with E-state index in [0.717, 1.165) is 50.0 Å². The highest BCUT2D eigenvalue weighted by Gasteiger charge is 2.22. The van der Waals surface area contributed by atoms with Crippen LogP contribution in [0, 0.1) is 0 Å². The molecule has 0 atom stereocenters. The highest BCUT2D eigenvalue weighted by atomic mass is 15.0. The van der Waals surface area contributed by atoms with Gasteiger partial charge in [0, 0.05) is 68.4 Å². The van der Waals surface area contributed by atoms with E-state index in [9.17, 15) is 0 Å². The summed E-state index contributed by atoms with van der Waals surface area (Å²) in [5.74, 6) is 0. The van der Waals surface area contributed by atoms with Gasteiger partial charge in [0.05, 0.1) is 44.5 Å². The molecule has 0 bridgehead atoms. The molecule has 51 heavy (non-hydrogen) atoms. The van der Waals surface area contributed by atoms with Crippen molar-refractivity contribution in [1.29, 1.82) is 0 Å². The van der Waals surface area contributed by atoms with Crippen LogP contribution in [-0.4, -0.2) is 23.7 Å². The van der Waals surface area contributed by atoms with Crippen molar-refractivity contribution >= 4 is 65.4 Å². The summed E-state index contributed by atoms with van der Waals surface area (Å²) in [6.45, 7) is 0. The molecule has 5 nitrogen and oxygen atoms in total. The van der Waals surface area contributed by atoms with Crippen molar-refractivity contribution in [3.05, 3.63) is 176 Å². The maximum atomic E-state index is 4.47. The van der Waals surface area contributed by atoms with Gasteiger partial charge in [-0.05, 0) is 66.2 Å². The van der Waals surface area contributed by atoms with Crippen LogP contribution >= 0.6 is 0 Å². The van der Waals surface area contributed by atoms with Crippen molar-refractivity contribution in [2.75, 3.05) is 0 Å². The number of fused-ring (bicyclic) bond motifs is 9. The van der Waals surface area contributed by atoms with Crippen molar-refractivity contribution in [3.63, 3.8) is 0 Å². The molecule has 5 aromatic heterocycles. The fourth-order valence-corrected chi connectivity index (χ4v) is 8.35. The Kier molecular flexibility index (Phi) is 5.89. The van der Waals surface area contributed by atoms with Crippen molar-refractivity contribution in [3.8, 4) is 28.2 Å². The van der Waals surface area contributed by atoms with Gasteiger partial charge in [-0.3, -0.25) is 9.97 Å². The standard InChI is InChI=1S/C46H29N5/c1-5-17-38-32(13-1)33-14-2-6-18-39(33)50(38)44-21-10-22-45(51-40-19-7-3-15-34(40)35-16-4-8-20-41(35)51)46(44)30-11-9-12-31(27-30)49-42-23-25-47-28-36(42)37-29-48-26-24-43(37)49/h1-29H. The smallest absolute Gasteiger partial charge is 0.0572 e. The van der Waals surface area contributed by atoms with Crippen LogP contribution < -0.4 is 0 Å². The van der Waals surface area contributed by atoms with Crippen LogP contribution in [0.1, 0.15) is 0 Å². The number of hydrogen-bond donors (Lipinski definition) is 0. The Morgan fingerprint density at radius 3 is 1.22 bits per heavy atom. The van der Waals surface area contributed by atoms with Gasteiger partial charge in [-0.15, -0.1) is 0 Å². The fourth-order valence-electron chi connectivity index (χ4n) is 8.35. The number of nitrogens with zero attached hydrogens (tertiary/aromatic N) is 5. The van der Waals surface area contributed by atoms with Crippen LogP contribution in [0.5, 0.6) is 0 Å². The monoisotopic (exact) mass is 651 g/mol. The lowest BCUT2D eigenvalue weighted by Gasteiger charge is -2.21. The zero-order chi connectivity index (χ0) is 33.5. The van der Waals surface area contributed by atoms with E-state index in [-0.39, 0.29) is 0 Å². The quantitative estimate of drug-likeness (QED) is 0.190. The molecule has 0 spiro atoms. The summed E-state index contributed by atoms with van der Waals surface area (Å²) in [6, 6.07) is 54.9. The topological polar surface area (TPSA) is 40.6 Å². The molecule has 0 saturated heterocycles. The van der Waals surface area contributed by atoms with E-state index in [1.165, 1.54) is 43.6 Å². The van der Waals surface area contributed by atoms with Crippen LogP contribution in [-0.2, 0) is 0 Å². The van der Waals surface area contributed by atoms with E-state index in [1.54, 1.807) is 0 Å². The second-order valence-electron chi connectivity index (χ2n) is 13.1. The third-order valence-electron chi connectivity index (χ3n) is 10.4. The summed E-state index contributed by atoms with van der Waals surface area (Å²) in [6.07, 6.45) is 7.62. The lowest BCUT2D eigenvalue weighted by Crippen LogP contribution is -2.04. The van der Waals surface area contributed by atoms with Crippen LogP contribution in [0.15, 0.2) is 176 Å². The minimum Gasteiger partial charge on any atom is -0.309 e. The van der Waals surface area contributed by atoms with Gasteiger partial charge >= 0.3 is 0 Å². The number of pyridine rings is 2. The van der Waals surface area contributed by atoms with Gasteiger partial charge in [0.2, 0.25) is 0 Å². The van der Waals surface area contributed by atoms with E-state index in [2.05, 4.69) is 175 Å². The Bertz CT molecular complexity index is 2870. The van der Waals surface area contributed by atoms with E-state index in [0.29, 0.717) is 0 Å². The molecule has 0 N–H and O–H groups in total. The molecule has 0 unspecified atom stereocenters. The molecule has 11 rings (SSSR count). The molecule has 11 aromatic rings. The lowest BCUT2D eigenvalue weighted by atomic mass is 9.99. The Morgan fingerprint density at radius 1 is 0.333 bits per heavy atom. The second-order valence-corrected chi connectivity index (χ2v) is 13.1. The van der Waals surface area contributed by atoms with Crippen LogP contribution in [0.3, 0.4) is 0 Å². The minimum atomic E-state index is 1.08. The summed E-state index contributed by atoms with van der Waals surface area (Å²) < 4.78 is 7.23. The summed E-state index contributed by atoms with van der Waals surface area (Å²) >= 11 is 0. The fraction of sp³-hybridized carbons (Fsp3) is 0. The van der Waals surface area contributed by atoms with Crippen LogP contribution in [0.4, 0.5) is 0 Å². The molecule has 0 fully saturated rings. The van der Waals surface area contributed by atoms with E-state index in [4.69, 9.17) is 0 Å². The van der Waals surface area contributed by atoms with Crippen molar-refractivity contribution in [2.24, 2.45) is 0 Å². The Morgan fingerprint density at radius 2 is 0.745 bits per heavy atom.